The second-order valence-corrected chi connectivity index (χ2v) is 5.90. The Morgan fingerprint density at radius 3 is 2.65 bits per heavy atom. The van der Waals surface area contributed by atoms with Crippen LogP contribution in [-0.4, -0.2) is 16.8 Å². The lowest BCUT2D eigenvalue weighted by atomic mass is 10.2. The summed E-state index contributed by atoms with van der Waals surface area (Å²) in [6.45, 7) is 0.290. The number of nitrogens with one attached hydrogen (secondary N) is 2. The molecule has 0 aliphatic carbocycles. The molecule has 0 aliphatic heterocycles. The monoisotopic (exact) mass is 371 g/mol. The molecule has 3 rings (SSSR count). The molecule has 0 aliphatic rings. The summed E-state index contributed by atoms with van der Waals surface area (Å²) in [5.41, 5.74) is 7.06. The molecule has 0 radical (unpaired) electrons. The van der Waals surface area contributed by atoms with Gasteiger partial charge >= 0.3 is 0 Å². The van der Waals surface area contributed by atoms with Gasteiger partial charge in [0.1, 0.15) is 18.2 Å². The summed E-state index contributed by atoms with van der Waals surface area (Å²) in [5.74, 6) is -1.47. The molecular weight excluding hydrogens is 357 g/mol. The third kappa shape index (κ3) is 4.42. The first-order valence-electron chi connectivity index (χ1n) is 7.58. The maximum Gasteiger partial charge on any atom is 0.272 e. The topological polar surface area (TPSA) is 80.3 Å². The van der Waals surface area contributed by atoms with Crippen LogP contribution in [0.5, 0.6) is 5.75 Å². The van der Waals surface area contributed by atoms with E-state index in [4.69, 9.17) is 4.74 Å². The van der Waals surface area contributed by atoms with Crippen molar-refractivity contribution in [3.63, 3.8) is 0 Å². The molecule has 1 aromatic heterocycles. The number of amides is 2. The summed E-state index contributed by atoms with van der Waals surface area (Å²) in [7, 11) is 0. The molecule has 26 heavy (non-hydrogen) atoms. The average Bonchev–Trinajstić information content (AvgIpc) is 3.18. The Balaban J connectivity index is 1.58. The lowest BCUT2D eigenvalue weighted by molar-refractivity contribution is 0.0844. The van der Waals surface area contributed by atoms with Crippen molar-refractivity contribution in [2.45, 2.75) is 6.61 Å². The summed E-state index contributed by atoms with van der Waals surface area (Å²) in [4.78, 5) is 28.2. The van der Waals surface area contributed by atoms with Gasteiger partial charge < -0.3 is 4.74 Å². The minimum Gasteiger partial charge on any atom is -0.487 e. The molecule has 2 N–H and O–H groups in total. The smallest absolute Gasteiger partial charge is 0.272 e. The van der Waals surface area contributed by atoms with Crippen LogP contribution in [0, 0.1) is 5.82 Å². The van der Waals surface area contributed by atoms with Gasteiger partial charge in [-0.25, -0.2) is 9.37 Å². The summed E-state index contributed by atoms with van der Waals surface area (Å²) in [6, 6.07) is 12.0. The Hall–Kier alpha value is -3.26. The van der Waals surface area contributed by atoms with Gasteiger partial charge in [-0.2, -0.15) is 0 Å². The molecule has 1 heterocycles. The van der Waals surface area contributed by atoms with E-state index in [-0.39, 0.29) is 11.1 Å². The van der Waals surface area contributed by atoms with E-state index in [1.807, 2.05) is 5.38 Å². The highest BCUT2D eigenvalue weighted by Gasteiger charge is 2.13. The molecule has 0 fully saturated rings. The third-order valence-corrected chi connectivity index (χ3v) is 4.01. The number of hydrogen-bond acceptors (Lipinski definition) is 5. The van der Waals surface area contributed by atoms with Crippen molar-refractivity contribution >= 4 is 23.2 Å². The van der Waals surface area contributed by atoms with E-state index in [0.29, 0.717) is 12.4 Å². The van der Waals surface area contributed by atoms with Crippen LogP contribution in [0.25, 0.3) is 0 Å². The van der Waals surface area contributed by atoms with Crippen molar-refractivity contribution in [1.29, 1.82) is 0 Å². The molecule has 6 nitrogen and oxygen atoms in total. The first-order chi connectivity index (χ1) is 12.6. The van der Waals surface area contributed by atoms with Crippen LogP contribution in [-0.2, 0) is 6.61 Å². The zero-order valence-electron chi connectivity index (χ0n) is 13.4. The number of ether oxygens (including phenoxy) is 1. The molecule has 0 spiro atoms. The van der Waals surface area contributed by atoms with E-state index in [0.717, 1.165) is 5.69 Å². The van der Waals surface area contributed by atoms with Crippen LogP contribution >= 0.6 is 11.3 Å². The standard InChI is InChI=1S/C18H14FN3O3S/c19-16-7-2-1-6-15(16)18(24)22-21-17(23)12-4-3-5-14(8-12)25-9-13-10-26-11-20-13/h1-8,10-11H,9H2,(H,21,23)(H,22,24). The van der Waals surface area contributed by atoms with Gasteiger partial charge in [0.2, 0.25) is 0 Å². The summed E-state index contributed by atoms with van der Waals surface area (Å²) in [5, 5.41) is 1.87. The summed E-state index contributed by atoms with van der Waals surface area (Å²) < 4.78 is 19.1. The Morgan fingerprint density at radius 1 is 1.08 bits per heavy atom. The number of hydrazine groups is 1. The fourth-order valence-corrected chi connectivity index (χ4v) is 2.63. The van der Waals surface area contributed by atoms with Crippen LogP contribution in [0.15, 0.2) is 59.4 Å². The second-order valence-electron chi connectivity index (χ2n) is 5.18. The van der Waals surface area contributed by atoms with E-state index < -0.39 is 17.6 Å². The molecule has 0 atom stereocenters. The predicted octanol–water partition coefficient (Wildman–Crippen LogP) is 2.94. The number of thiazole rings is 1. The number of carbonyl (C=O) groups excluding carboxylic acids is 2. The summed E-state index contributed by atoms with van der Waals surface area (Å²) in [6.07, 6.45) is 0. The Kier molecular flexibility index (Phi) is 5.55. The fraction of sp³-hybridized carbons (Fsp3) is 0.0556. The Morgan fingerprint density at radius 2 is 1.88 bits per heavy atom. The van der Waals surface area contributed by atoms with Gasteiger partial charge in [0, 0.05) is 10.9 Å². The fourth-order valence-electron chi connectivity index (χ4n) is 2.09. The van der Waals surface area contributed by atoms with Gasteiger partial charge in [0.15, 0.2) is 0 Å². The molecular formula is C18H14FN3O3S. The molecule has 2 amide bonds. The van der Waals surface area contributed by atoms with Crippen molar-refractivity contribution in [3.8, 4) is 5.75 Å². The average molecular weight is 371 g/mol. The second kappa shape index (κ2) is 8.21. The lowest BCUT2D eigenvalue weighted by Gasteiger charge is -2.09. The number of hydrogen-bond donors (Lipinski definition) is 2. The third-order valence-electron chi connectivity index (χ3n) is 3.37. The predicted molar refractivity (Wildman–Crippen MR) is 94.2 cm³/mol. The van der Waals surface area contributed by atoms with E-state index in [2.05, 4.69) is 15.8 Å². The molecule has 0 bridgehead atoms. The number of nitrogens with zero attached hydrogens (tertiary/aromatic N) is 1. The normalized spacial score (nSPS) is 10.2. The quantitative estimate of drug-likeness (QED) is 0.676. The van der Waals surface area contributed by atoms with E-state index in [1.165, 1.54) is 41.7 Å². The van der Waals surface area contributed by atoms with E-state index in [1.54, 1.807) is 23.7 Å². The van der Waals surface area contributed by atoms with Crippen molar-refractivity contribution in [3.05, 3.63) is 82.1 Å². The van der Waals surface area contributed by atoms with Gasteiger partial charge in [0.25, 0.3) is 11.8 Å². The minimum atomic E-state index is -0.743. The molecule has 8 heteroatoms. The zero-order chi connectivity index (χ0) is 18.4. The van der Waals surface area contributed by atoms with Crippen LogP contribution < -0.4 is 15.6 Å². The first kappa shape index (κ1) is 17.6. The number of carbonyl (C=O) groups is 2. The highest BCUT2D eigenvalue weighted by atomic mass is 32.1. The highest BCUT2D eigenvalue weighted by molar-refractivity contribution is 7.07. The van der Waals surface area contributed by atoms with E-state index in [9.17, 15) is 14.0 Å². The molecule has 0 unspecified atom stereocenters. The molecule has 0 saturated heterocycles. The molecule has 132 valence electrons. The van der Waals surface area contributed by atoms with Gasteiger partial charge in [-0.05, 0) is 30.3 Å². The Bertz CT molecular complexity index is 916. The van der Waals surface area contributed by atoms with Gasteiger partial charge in [-0.1, -0.05) is 18.2 Å². The van der Waals surface area contributed by atoms with Crippen LogP contribution in [0.1, 0.15) is 26.4 Å². The number of rotatable bonds is 5. The van der Waals surface area contributed by atoms with Crippen LogP contribution in [0.2, 0.25) is 0 Å². The largest absolute Gasteiger partial charge is 0.487 e. The number of benzene rings is 2. The molecule has 3 aromatic rings. The van der Waals surface area contributed by atoms with Crippen molar-refractivity contribution < 1.29 is 18.7 Å². The van der Waals surface area contributed by atoms with Gasteiger partial charge in [0.05, 0.1) is 16.8 Å². The highest BCUT2D eigenvalue weighted by Crippen LogP contribution is 2.15. The zero-order valence-corrected chi connectivity index (χ0v) is 14.3. The van der Waals surface area contributed by atoms with E-state index >= 15 is 0 Å². The number of aromatic nitrogens is 1. The lowest BCUT2D eigenvalue weighted by Crippen LogP contribution is -2.41. The van der Waals surface area contributed by atoms with Crippen molar-refractivity contribution in [1.82, 2.24) is 15.8 Å². The summed E-state index contributed by atoms with van der Waals surface area (Å²) >= 11 is 1.47. The SMILES string of the molecule is O=C(NNC(=O)c1ccccc1F)c1cccc(OCc2cscn2)c1. The molecule has 2 aromatic carbocycles. The van der Waals surface area contributed by atoms with Crippen molar-refractivity contribution in [2.75, 3.05) is 0 Å². The number of halogens is 1. The maximum atomic E-state index is 13.5. The van der Waals surface area contributed by atoms with Gasteiger partial charge in [-0.3, -0.25) is 20.4 Å². The van der Waals surface area contributed by atoms with Crippen molar-refractivity contribution in [2.24, 2.45) is 0 Å². The Labute approximate surface area is 152 Å². The van der Waals surface area contributed by atoms with Crippen LogP contribution in [0.4, 0.5) is 4.39 Å². The van der Waals surface area contributed by atoms with Gasteiger partial charge in [-0.15, -0.1) is 11.3 Å². The van der Waals surface area contributed by atoms with Crippen LogP contribution in [0.3, 0.4) is 0 Å². The minimum absolute atomic E-state index is 0.159. The maximum absolute atomic E-state index is 13.5. The first-order valence-corrected chi connectivity index (χ1v) is 8.53. The molecule has 0 saturated carbocycles.